The van der Waals surface area contributed by atoms with Gasteiger partial charge in [-0.2, -0.15) is 0 Å². The topological polar surface area (TPSA) is 96.0 Å². The molecule has 0 aliphatic heterocycles. The number of amides is 2. The number of sulfonamides is 1. The minimum atomic E-state index is -3.89. The van der Waals surface area contributed by atoms with Crippen LogP contribution in [0.5, 0.6) is 5.75 Å². The van der Waals surface area contributed by atoms with Gasteiger partial charge >= 0.3 is 0 Å². The van der Waals surface area contributed by atoms with Gasteiger partial charge in [-0.05, 0) is 44.0 Å². The van der Waals surface area contributed by atoms with Crippen LogP contribution in [0.25, 0.3) is 0 Å². The van der Waals surface area contributed by atoms with E-state index in [4.69, 9.17) is 16.3 Å². The number of likely N-dealkylation sites (N-methyl/N-ethyl adjacent to an activating group) is 1. The average Bonchev–Trinajstić information content (AvgIpc) is 2.78. The number of halogens is 1. The van der Waals surface area contributed by atoms with E-state index >= 15 is 0 Å². The van der Waals surface area contributed by atoms with Crippen molar-refractivity contribution < 1.29 is 22.7 Å². The lowest BCUT2D eigenvalue weighted by Crippen LogP contribution is -2.52. The number of rotatable bonds is 11. The number of nitrogens with one attached hydrogen (secondary N) is 1. The molecule has 0 radical (unpaired) electrons. The van der Waals surface area contributed by atoms with Crippen molar-refractivity contribution in [1.29, 1.82) is 0 Å². The number of benzene rings is 2. The molecule has 2 aromatic carbocycles. The molecule has 0 saturated carbocycles. The van der Waals surface area contributed by atoms with Crippen molar-refractivity contribution in [2.24, 2.45) is 0 Å². The van der Waals surface area contributed by atoms with Crippen LogP contribution in [0, 0.1) is 6.92 Å². The molecular formula is C24H32ClN3O5S. The van der Waals surface area contributed by atoms with Crippen molar-refractivity contribution in [1.82, 2.24) is 10.2 Å². The van der Waals surface area contributed by atoms with Gasteiger partial charge in [0.05, 0.1) is 19.1 Å². The highest BCUT2D eigenvalue weighted by molar-refractivity contribution is 7.92. The standard InChI is InChI=1S/C24H32ClN3O5S/c1-6-20(24(30)26-7-2)27(15-18-10-8-17(3)9-11-18)23(29)16-28(34(5,31)32)21-14-19(25)12-13-22(21)33-4/h8-14,20H,6-7,15-16H2,1-5H3,(H,26,30)/t20-/m1/s1. The van der Waals surface area contributed by atoms with Crippen molar-refractivity contribution in [3.8, 4) is 5.75 Å². The molecule has 2 aromatic rings. The first kappa shape index (κ1) is 27.5. The third-order valence-corrected chi connectivity index (χ3v) is 6.66. The van der Waals surface area contributed by atoms with Crippen LogP contribution >= 0.6 is 11.6 Å². The van der Waals surface area contributed by atoms with E-state index in [1.807, 2.05) is 38.1 Å². The fourth-order valence-electron chi connectivity index (χ4n) is 3.55. The van der Waals surface area contributed by atoms with Crippen LogP contribution in [0.3, 0.4) is 0 Å². The molecule has 186 valence electrons. The van der Waals surface area contributed by atoms with E-state index in [0.29, 0.717) is 18.0 Å². The zero-order valence-corrected chi connectivity index (χ0v) is 21.7. The van der Waals surface area contributed by atoms with E-state index in [9.17, 15) is 18.0 Å². The van der Waals surface area contributed by atoms with Gasteiger partial charge < -0.3 is 15.0 Å². The van der Waals surface area contributed by atoms with Crippen LogP contribution in [0.2, 0.25) is 5.02 Å². The number of hydrogen-bond donors (Lipinski definition) is 1. The summed E-state index contributed by atoms with van der Waals surface area (Å²) in [6.45, 7) is 5.61. The largest absolute Gasteiger partial charge is 0.495 e. The Morgan fingerprint density at radius 3 is 2.29 bits per heavy atom. The highest BCUT2D eigenvalue weighted by atomic mass is 35.5. The van der Waals surface area contributed by atoms with Gasteiger partial charge in [0.1, 0.15) is 18.3 Å². The molecule has 0 spiro atoms. The van der Waals surface area contributed by atoms with E-state index in [1.165, 1.54) is 24.1 Å². The molecule has 8 nitrogen and oxygen atoms in total. The molecule has 0 unspecified atom stereocenters. The number of aryl methyl sites for hydroxylation is 1. The first-order valence-electron chi connectivity index (χ1n) is 11.0. The van der Waals surface area contributed by atoms with E-state index in [2.05, 4.69) is 5.32 Å². The Morgan fingerprint density at radius 2 is 1.76 bits per heavy atom. The van der Waals surface area contributed by atoms with Crippen LogP contribution < -0.4 is 14.4 Å². The van der Waals surface area contributed by atoms with Gasteiger partial charge in [-0.25, -0.2) is 8.42 Å². The van der Waals surface area contributed by atoms with E-state index in [0.717, 1.165) is 21.7 Å². The molecule has 1 N–H and O–H groups in total. The summed E-state index contributed by atoms with van der Waals surface area (Å²) in [5.74, 6) is -0.564. The van der Waals surface area contributed by atoms with Crippen LogP contribution in [-0.4, -0.2) is 57.6 Å². The number of carbonyl (C=O) groups excluding carboxylic acids is 2. The molecule has 2 rings (SSSR count). The molecular weight excluding hydrogens is 478 g/mol. The van der Waals surface area contributed by atoms with Gasteiger partial charge in [0, 0.05) is 18.1 Å². The zero-order valence-electron chi connectivity index (χ0n) is 20.2. The summed E-state index contributed by atoms with van der Waals surface area (Å²) in [6, 6.07) is 11.4. The van der Waals surface area contributed by atoms with Gasteiger partial charge in [-0.15, -0.1) is 0 Å². The van der Waals surface area contributed by atoms with Crippen LogP contribution in [0.15, 0.2) is 42.5 Å². The molecule has 34 heavy (non-hydrogen) atoms. The Labute approximate surface area is 206 Å². The molecule has 1 atom stereocenters. The van der Waals surface area contributed by atoms with Crippen molar-refractivity contribution in [3.05, 3.63) is 58.6 Å². The highest BCUT2D eigenvalue weighted by Crippen LogP contribution is 2.33. The Balaban J connectivity index is 2.49. The van der Waals surface area contributed by atoms with Crippen molar-refractivity contribution in [2.45, 2.75) is 39.8 Å². The summed E-state index contributed by atoms with van der Waals surface area (Å²) in [4.78, 5) is 27.8. The Kier molecular flexibility index (Phi) is 9.76. The number of hydrogen-bond acceptors (Lipinski definition) is 5. The fraction of sp³-hybridized carbons (Fsp3) is 0.417. The molecule has 0 aromatic heterocycles. The second-order valence-corrected chi connectivity index (χ2v) is 10.3. The van der Waals surface area contributed by atoms with Crippen molar-refractivity contribution in [2.75, 3.05) is 30.8 Å². The summed E-state index contributed by atoms with van der Waals surface area (Å²) in [5, 5.41) is 3.06. The Morgan fingerprint density at radius 1 is 1.12 bits per heavy atom. The molecule has 0 aliphatic carbocycles. The minimum Gasteiger partial charge on any atom is -0.495 e. The molecule has 0 bridgehead atoms. The third-order valence-electron chi connectivity index (χ3n) is 5.30. The smallest absolute Gasteiger partial charge is 0.244 e. The van der Waals surface area contributed by atoms with Gasteiger partial charge in [-0.1, -0.05) is 48.4 Å². The predicted octanol–water partition coefficient (Wildman–Crippen LogP) is 3.37. The van der Waals surface area contributed by atoms with E-state index in [-0.39, 0.29) is 23.9 Å². The first-order valence-corrected chi connectivity index (χ1v) is 13.2. The normalized spacial score (nSPS) is 12.1. The van der Waals surface area contributed by atoms with Crippen LogP contribution in [0.1, 0.15) is 31.4 Å². The predicted molar refractivity (Wildman–Crippen MR) is 135 cm³/mol. The Hall–Kier alpha value is -2.78. The Bertz CT molecular complexity index is 1110. The van der Waals surface area contributed by atoms with Gasteiger partial charge in [0.15, 0.2) is 0 Å². The van der Waals surface area contributed by atoms with Gasteiger partial charge in [-0.3, -0.25) is 13.9 Å². The first-order chi connectivity index (χ1) is 16.0. The van der Waals surface area contributed by atoms with Crippen molar-refractivity contribution in [3.63, 3.8) is 0 Å². The minimum absolute atomic E-state index is 0.146. The number of methoxy groups -OCH3 is 1. The molecule has 0 saturated heterocycles. The monoisotopic (exact) mass is 509 g/mol. The number of ether oxygens (including phenoxy) is 1. The maximum Gasteiger partial charge on any atom is 0.244 e. The van der Waals surface area contributed by atoms with Gasteiger partial charge in [0.25, 0.3) is 0 Å². The zero-order chi connectivity index (χ0) is 25.5. The lowest BCUT2D eigenvalue weighted by molar-refractivity contribution is -0.140. The summed E-state index contributed by atoms with van der Waals surface area (Å²) < 4.78 is 31.7. The second-order valence-electron chi connectivity index (χ2n) is 7.91. The SMILES string of the molecule is CCNC(=O)[C@@H](CC)N(Cc1ccc(C)cc1)C(=O)CN(c1cc(Cl)ccc1OC)S(C)(=O)=O. The number of carbonyl (C=O) groups is 2. The van der Waals surface area contributed by atoms with E-state index < -0.39 is 28.5 Å². The van der Waals surface area contributed by atoms with Crippen molar-refractivity contribution >= 4 is 39.1 Å². The maximum absolute atomic E-state index is 13.6. The quantitative estimate of drug-likeness (QED) is 0.501. The number of nitrogens with zero attached hydrogens (tertiary/aromatic N) is 2. The summed E-state index contributed by atoms with van der Waals surface area (Å²) in [7, 11) is -2.49. The fourth-order valence-corrected chi connectivity index (χ4v) is 4.57. The molecule has 0 heterocycles. The van der Waals surface area contributed by atoms with Gasteiger partial charge in [0.2, 0.25) is 21.8 Å². The highest BCUT2D eigenvalue weighted by Gasteiger charge is 2.32. The maximum atomic E-state index is 13.6. The van der Waals surface area contributed by atoms with E-state index in [1.54, 1.807) is 13.0 Å². The molecule has 0 aliphatic rings. The third kappa shape index (κ3) is 7.11. The molecule has 2 amide bonds. The summed E-state index contributed by atoms with van der Waals surface area (Å²) in [6.07, 6.45) is 1.37. The van der Waals surface area contributed by atoms with Crippen LogP contribution in [-0.2, 0) is 26.2 Å². The lowest BCUT2D eigenvalue weighted by atomic mass is 10.1. The number of anilines is 1. The summed E-state index contributed by atoms with van der Waals surface area (Å²) >= 11 is 6.11. The van der Waals surface area contributed by atoms with Crippen LogP contribution in [0.4, 0.5) is 5.69 Å². The second kappa shape index (κ2) is 12.1. The molecule has 0 fully saturated rings. The molecule has 10 heteroatoms. The lowest BCUT2D eigenvalue weighted by Gasteiger charge is -2.33. The average molecular weight is 510 g/mol. The summed E-state index contributed by atoms with van der Waals surface area (Å²) in [5.41, 5.74) is 2.04.